The molecule has 2 heterocycles. The maximum atomic E-state index is 8.44. The number of ether oxygens (including phenoxy) is 2. The number of hydrogen-bond donors (Lipinski definition) is 3. The number of aliphatic hydroxyl groups is 1. The van der Waals surface area contributed by atoms with Gasteiger partial charge < -0.3 is 14.6 Å². The third kappa shape index (κ3) is 5.60. The summed E-state index contributed by atoms with van der Waals surface area (Å²) in [5.41, 5.74) is 0.693. The monoisotopic (exact) mass is 359 g/mol. The summed E-state index contributed by atoms with van der Waals surface area (Å²) in [6, 6.07) is 13.3. The number of thiol groups is 1. The summed E-state index contributed by atoms with van der Waals surface area (Å²) < 4.78 is 13.6. The number of aliphatic hydroxyl groups excluding tert-OH is 1. The van der Waals surface area contributed by atoms with Gasteiger partial charge in [-0.25, -0.2) is 4.98 Å². The van der Waals surface area contributed by atoms with E-state index in [1.807, 2.05) is 42.5 Å². The number of nitrogens with one attached hydrogen (secondary N) is 1. The molecule has 0 saturated carbocycles. The highest BCUT2D eigenvalue weighted by Crippen LogP contribution is 2.31. The summed E-state index contributed by atoms with van der Waals surface area (Å²) in [4.78, 5) is 8.42. The average molecular weight is 359 g/mol. The van der Waals surface area contributed by atoms with E-state index in [-0.39, 0.29) is 6.10 Å². The van der Waals surface area contributed by atoms with Gasteiger partial charge in [0.15, 0.2) is 0 Å². The van der Waals surface area contributed by atoms with Gasteiger partial charge in [-0.3, -0.25) is 9.71 Å². The summed E-state index contributed by atoms with van der Waals surface area (Å²) in [7, 11) is 1.58. The van der Waals surface area contributed by atoms with Gasteiger partial charge in [-0.05, 0) is 31.2 Å². The van der Waals surface area contributed by atoms with Crippen LogP contribution in [0.5, 0.6) is 17.4 Å². The molecule has 0 saturated heterocycles. The summed E-state index contributed by atoms with van der Waals surface area (Å²) in [5, 5.41) is 9.31. The van der Waals surface area contributed by atoms with Crippen LogP contribution < -0.4 is 14.2 Å². The fraction of sp³-hybridized carbons (Fsp3) is 0.222. The SMILES string of the molecule is CC(O)CNS.COc1nccc2c(Oc3ccccc3)ccnc12. The lowest BCUT2D eigenvalue weighted by Gasteiger charge is -2.09. The van der Waals surface area contributed by atoms with E-state index in [1.165, 1.54) is 0 Å². The first-order chi connectivity index (χ1) is 12.2. The average Bonchev–Trinajstić information content (AvgIpc) is 2.63. The number of para-hydroxylation sites is 1. The molecule has 3 rings (SSSR count). The van der Waals surface area contributed by atoms with Gasteiger partial charge in [-0.15, -0.1) is 0 Å². The number of fused-ring (bicyclic) bond motifs is 1. The largest absolute Gasteiger partial charge is 0.479 e. The Kier molecular flexibility index (Phi) is 7.46. The molecular formula is C18H21N3O3S. The Balaban J connectivity index is 0.000000326. The van der Waals surface area contributed by atoms with Gasteiger partial charge in [0.1, 0.15) is 17.0 Å². The van der Waals surface area contributed by atoms with Crippen LogP contribution in [0, 0.1) is 0 Å². The Hall–Kier alpha value is -2.35. The molecule has 0 bridgehead atoms. The highest BCUT2D eigenvalue weighted by atomic mass is 32.1. The second-order valence-electron chi connectivity index (χ2n) is 5.15. The minimum Gasteiger partial charge on any atom is -0.479 e. The Bertz CT molecular complexity index is 785. The fourth-order valence-electron chi connectivity index (χ4n) is 2.01. The van der Waals surface area contributed by atoms with Gasteiger partial charge in [0.2, 0.25) is 5.88 Å². The number of hydrogen-bond acceptors (Lipinski definition) is 7. The van der Waals surface area contributed by atoms with Crippen molar-refractivity contribution in [3.8, 4) is 17.4 Å². The van der Waals surface area contributed by atoms with Gasteiger partial charge in [0, 0.05) is 18.9 Å². The van der Waals surface area contributed by atoms with E-state index >= 15 is 0 Å². The minimum atomic E-state index is -0.289. The fourth-order valence-corrected chi connectivity index (χ4v) is 2.28. The first-order valence-electron chi connectivity index (χ1n) is 7.71. The topological polar surface area (TPSA) is 76.5 Å². The van der Waals surface area contributed by atoms with Crippen LogP contribution in [-0.2, 0) is 0 Å². The van der Waals surface area contributed by atoms with E-state index in [1.54, 1.807) is 26.4 Å². The first kappa shape index (κ1) is 19.0. The number of nitrogens with zero attached hydrogens (tertiary/aromatic N) is 2. The van der Waals surface area contributed by atoms with Gasteiger partial charge in [0.25, 0.3) is 0 Å². The zero-order valence-electron chi connectivity index (χ0n) is 14.1. The molecule has 2 aromatic heterocycles. The van der Waals surface area contributed by atoms with Crippen molar-refractivity contribution in [2.45, 2.75) is 13.0 Å². The van der Waals surface area contributed by atoms with E-state index in [9.17, 15) is 0 Å². The molecule has 0 fully saturated rings. The summed E-state index contributed by atoms with van der Waals surface area (Å²) in [6.45, 7) is 2.24. The van der Waals surface area contributed by atoms with Crippen molar-refractivity contribution in [1.82, 2.24) is 14.7 Å². The van der Waals surface area contributed by atoms with Crippen LogP contribution in [0.15, 0.2) is 54.9 Å². The smallest absolute Gasteiger partial charge is 0.240 e. The second kappa shape index (κ2) is 9.83. The zero-order chi connectivity index (χ0) is 18.1. The molecule has 0 aliphatic heterocycles. The molecule has 7 heteroatoms. The lowest BCUT2D eigenvalue weighted by molar-refractivity contribution is 0.200. The number of benzene rings is 1. The van der Waals surface area contributed by atoms with Crippen LogP contribution in [0.2, 0.25) is 0 Å². The minimum absolute atomic E-state index is 0.289. The van der Waals surface area contributed by atoms with E-state index < -0.39 is 0 Å². The quantitative estimate of drug-likeness (QED) is 0.607. The second-order valence-corrected chi connectivity index (χ2v) is 5.47. The maximum absolute atomic E-state index is 8.44. The normalized spacial score (nSPS) is 11.4. The Morgan fingerprint density at radius 1 is 1.12 bits per heavy atom. The molecule has 0 aliphatic rings. The molecule has 0 amide bonds. The van der Waals surface area contributed by atoms with E-state index in [4.69, 9.17) is 14.6 Å². The lowest BCUT2D eigenvalue weighted by Crippen LogP contribution is -2.15. The molecule has 25 heavy (non-hydrogen) atoms. The Morgan fingerprint density at radius 2 is 1.84 bits per heavy atom. The van der Waals surface area contributed by atoms with Crippen molar-refractivity contribution in [3.05, 3.63) is 54.9 Å². The molecule has 1 aromatic carbocycles. The number of pyridine rings is 2. The molecule has 1 unspecified atom stereocenters. The summed E-state index contributed by atoms with van der Waals surface area (Å²) in [6.07, 6.45) is 3.08. The first-order valence-corrected chi connectivity index (χ1v) is 8.16. The third-order valence-electron chi connectivity index (χ3n) is 3.14. The highest BCUT2D eigenvalue weighted by molar-refractivity contribution is 7.78. The van der Waals surface area contributed by atoms with Crippen LogP contribution in [0.3, 0.4) is 0 Å². The molecule has 0 aliphatic carbocycles. The van der Waals surface area contributed by atoms with Crippen molar-refractivity contribution in [1.29, 1.82) is 0 Å². The Labute approximate surface area is 152 Å². The highest BCUT2D eigenvalue weighted by Gasteiger charge is 2.09. The number of methoxy groups -OCH3 is 1. The predicted octanol–water partition coefficient (Wildman–Crippen LogP) is 3.23. The zero-order valence-corrected chi connectivity index (χ0v) is 15.0. The van der Waals surface area contributed by atoms with Crippen LogP contribution in [-0.4, -0.2) is 34.8 Å². The molecular weight excluding hydrogens is 338 g/mol. The van der Waals surface area contributed by atoms with Crippen LogP contribution in [0.1, 0.15) is 6.92 Å². The Morgan fingerprint density at radius 3 is 2.44 bits per heavy atom. The standard InChI is InChI=1S/C15H12N2O2.C3H9NOS/c1-18-15-14-12(7-9-17-15)13(8-10-16-14)19-11-5-3-2-4-6-11;1-3(5)2-4-6/h2-10H,1H3;3-6H,2H2,1H3. The molecule has 0 radical (unpaired) electrons. The van der Waals surface area contributed by atoms with Crippen molar-refractivity contribution in [2.75, 3.05) is 13.7 Å². The molecule has 6 nitrogen and oxygen atoms in total. The maximum Gasteiger partial charge on any atom is 0.240 e. The molecule has 3 aromatic rings. The van der Waals surface area contributed by atoms with Crippen molar-refractivity contribution in [2.24, 2.45) is 0 Å². The van der Waals surface area contributed by atoms with E-state index in [2.05, 4.69) is 27.5 Å². The number of rotatable bonds is 5. The van der Waals surface area contributed by atoms with Crippen molar-refractivity contribution in [3.63, 3.8) is 0 Å². The summed E-state index contributed by atoms with van der Waals surface area (Å²) in [5.74, 6) is 2.01. The van der Waals surface area contributed by atoms with Gasteiger partial charge >= 0.3 is 0 Å². The van der Waals surface area contributed by atoms with Gasteiger partial charge in [0.05, 0.1) is 18.6 Å². The predicted molar refractivity (Wildman–Crippen MR) is 101 cm³/mol. The third-order valence-corrected chi connectivity index (χ3v) is 3.32. The van der Waals surface area contributed by atoms with E-state index in [0.29, 0.717) is 17.9 Å². The molecule has 132 valence electrons. The van der Waals surface area contributed by atoms with Crippen LogP contribution >= 0.6 is 12.8 Å². The summed E-state index contributed by atoms with van der Waals surface area (Å²) >= 11 is 3.65. The molecule has 2 N–H and O–H groups in total. The number of aromatic nitrogens is 2. The van der Waals surface area contributed by atoms with Crippen molar-refractivity contribution < 1.29 is 14.6 Å². The van der Waals surface area contributed by atoms with Crippen LogP contribution in [0.25, 0.3) is 10.9 Å². The van der Waals surface area contributed by atoms with Gasteiger partial charge in [-0.2, -0.15) is 0 Å². The molecule has 1 atom stereocenters. The lowest BCUT2D eigenvalue weighted by atomic mass is 10.2. The van der Waals surface area contributed by atoms with Crippen LogP contribution in [0.4, 0.5) is 0 Å². The van der Waals surface area contributed by atoms with Crippen molar-refractivity contribution >= 4 is 23.7 Å². The van der Waals surface area contributed by atoms with Gasteiger partial charge in [-0.1, -0.05) is 31.0 Å². The molecule has 0 spiro atoms. The van der Waals surface area contributed by atoms with E-state index in [0.717, 1.165) is 16.9 Å².